The summed E-state index contributed by atoms with van der Waals surface area (Å²) < 4.78 is 36.9. The largest absolute Gasteiger partial charge is 0.313 e. The maximum atomic E-state index is 13.8. The van der Waals surface area contributed by atoms with E-state index in [4.69, 9.17) is 0 Å². The van der Waals surface area contributed by atoms with Crippen LogP contribution in [0.1, 0.15) is 24.4 Å². The normalized spacial score (nSPS) is 22.6. The Bertz CT molecular complexity index is 577. The van der Waals surface area contributed by atoms with Crippen molar-refractivity contribution in [2.75, 3.05) is 32.1 Å². The third kappa shape index (κ3) is 4.25. The standard InChI is InChI=1S/C15H23FN2O2S/c1-17-15(13-5-3-4-6-14(13)16)7-9-18(2)12-8-10-21(19,20)11-12/h3-6,12,15,17H,7-11H2,1-2H3. The van der Waals surface area contributed by atoms with Gasteiger partial charge in [-0.05, 0) is 39.5 Å². The zero-order chi connectivity index (χ0) is 15.5. The van der Waals surface area contributed by atoms with E-state index < -0.39 is 9.84 Å². The van der Waals surface area contributed by atoms with Gasteiger partial charge in [-0.1, -0.05) is 18.2 Å². The molecule has 0 bridgehead atoms. The minimum absolute atomic E-state index is 0.0633. The predicted molar refractivity (Wildman–Crippen MR) is 82.5 cm³/mol. The van der Waals surface area contributed by atoms with Crippen LogP contribution >= 0.6 is 0 Å². The molecule has 0 amide bonds. The minimum atomic E-state index is -2.86. The average molecular weight is 314 g/mol. The van der Waals surface area contributed by atoms with Gasteiger partial charge in [0.2, 0.25) is 0 Å². The molecule has 1 N–H and O–H groups in total. The minimum Gasteiger partial charge on any atom is -0.313 e. The summed E-state index contributed by atoms with van der Waals surface area (Å²) in [5.41, 5.74) is 0.660. The summed E-state index contributed by atoms with van der Waals surface area (Å²) in [5, 5.41) is 3.14. The first-order valence-corrected chi connectivity index (χ1v) is 9.07. The van der Waals surface area contributed by atoms with Crippen LogP contribution in [0.25, 0.3) is 0 Å². The zero-order valence-corrected chi connectivity index (χ0v) is 13.4. The zero-order valence-electron chi connectivity index (χ0n) is 12.5. The summed E-state index contributed by atoms with van der Waals surface area (Å²) in [4.78, 5) is 2.08. The van der Waals surface area contributed by atoms with Crippen molar-refractivity contribution in [2.45, 2.75) is 24.9 Å². The van der Waals surface area contributed by atoms with Gasteiger partial charge in [-0.2, -0.15) is 0 Å². The van der Waals surface area contributed by atoms with E-state index in [1.807, 2.05) is 20.2 Å². The van der Waals surface area contributed by atoms with Gasteiger partial charge in [0.25, 0.3) is 0 Å². The monoisotopic (exact) mass is 314 g/mol. The van der Waals surface area contributed by atoms with E-state index >= 15 is 0 Å². The number of nitrogens with one attached hydrogen (secondary N) is 1. The maximum absolute atomic E-state index is 13.8. The second-order valence-corrected chi connectivity index (χ2v) is 7.92. The summed E-state index contributed by atoms with van der Waals surface area (Å²) >= 11 is 0. The van der Waals surface area contributed by atoms with Crippen LogP contribution in [-0.2, 0) is 9.84 Å². The molecule has 4 nitrogen and oxygen atoms in total. The quantitative estimate of drug-likeness (QED) is 0.866. The lowest BCUT2D eigenvalue weighted by molar-refractivity contribution is 0.247. The number of halogens is 1. The van der Waals surface area contributed by atoms with Crippen molar-refractivity contribution in [3.8, 4) is 0 Å². The van der Waals surface area contributed by atoms with E-state index in [-0.39, 0.29) is 29.4 Å². The highest BCUT2D eigenvalue weighted by Crippen LogP contribution is 2.22. The van der Waals surface area contributed by atoms with Crippen LogP contribution in [0.3, 0.4) is 0 Å². The van der Waals surface area contributed by atoms with E-state index in [2.05, 4.69) is 10.2 Å². The molecule has 1 aliphatic rings. The van der Waals surface area contributed by atoms with Crippen LogP contribution < -0.4 is 5.32 Å². The second-order valence-electron chi connectivity index (χ2n) is 5.69. The van der Waals surface area contributed by atoms with Gasteiger partial charge in [-0.25, -0.2) is 12.8 Å². The molecule has 6 heteroatoms. The molecule has 1 aliphatic heterocycles. The van der Waals surface area contributed by atoms with Gasteiger partial charge in [-0.3, -0.25) is 0 Å². The van der Waals surface area contributed by atoms with Crippen LogP contribution in [0.4, 0.5) is 4.39 Å². The van der Waals surface area contributed by atoms with E-state index in [9.17, 15) is 12.8 Å². The third-order valence-corrected chi connectivity index (χ3v) is 5.98. The summed E-state index contributed by atoms with van der Waals surface area (Å²) in [6.07, 6.45) is 1.44. The number of hydrogen-bond acceptors (Lipinski definition) is 4. The van der Waals surface area contributed by atoms with Crippen LogP contribution in [0.5, 0.6) is 0 Å². The first-order chi connectivity index (χ1) is 9.93. The van der Waals surface area contributed by atoms with Crippen LogP contribution in [-0.4, -0.2) is 51.5 Å². The van der Waals surface area contributed by atoms with Crippen molar-refractivity contribution < 1.29 is 12.8 Å². The third-order valence-electron chi connectivity index (χ3n) is 4.23. The lowest BCUT2D eigenvalue weighted by Gasteiger charge is -2.26. The molecule has 2 rings (SSSR count). The highest BCUT2D eigenvalue weighted by molar-refractivity contribution is 7.91. The van der Waals surface area contributed by atoms with Crippen LogP contribution in [0.15, 0.2) is 24.3 Å². The molecule has 1 heterocycles. The highest BCUT2D eigenvalue weighted by atomic mass is 32.2. The van der Waals surface area contributed by atoms with Gasteiger partial charge in [0, 0.05) is 17.6 Å². The number of nitrogens with zero attached hydrogens (tertiary/aromatic N) is 1. The van der Waals surface area contributed by atoms with E-state index in [0.717, 1.165) is 13.0 Å². The van der Waals surface area contributed by atoms with Gasteiger partial charge in [-0.15, -0.1) is 0 Å². The number of rotatable bonds is 6. The Labute approximate surface area is 126 Å². The summed E-state index contributed by atoms with van der Waals surface area (Å²) in [5.74, 6) is 0.320. The average Bonchev–Trinajstić information content (AvgIpc) is 2.81. The molecular weight excluding hydrogens is 291 g/mol. The first-order valence-electron chi connectivity index (χ1n) is 7.25. The van der Waals surface area contributed by atoms with Crippen molar-refractivity contribution in [1.29, 1.82) is 0 Å². The second kappa shape index (κ2) is 6.85. The maximum Gasteiger partial charge on any atom is 0.151 e. The Morgan fingerprint density at radius 3 is 2.71 bits per heavy atom. The molecule has 0 radical (unpaired) electrons. The van der Waals surface area contributed by atoms with Gasteiger partial charge in [0.05, 0.1) is 11.5 Å². The fourth-order valence-electron chi connectivity index (χ4n) is 2.85. The molecular formula is C15H23FN2O2S. The molecule has 0 aliphatic carbocycles. The Morgan fingerprint density at radius 2 is 2.14 bits per heavy atom. The smallest absolute Gasteiger partial charge is 0.151 e. The highest BCUT2D eigenvalue weighted by Gasteiger charge is 2.30. The molecule has 21 heavy (non-hydrogen) atoms. The topological polar surface area (TPSA) is 49.4 Å². The summed E-state index contributed by atoms with van der Waals surface area (Å²) in [6, 6.07) is 6.79. The molecule has 0 aromatic heterocycles. The van der Waals surface area contributed by atoms with E-state index in [1.165, 1.54) is 6.07 Å². The van der Waals surface area contributed by atoms with Crippen molar-refractivity contribution in [3.63, 3.8) is 0 Å². The molecule has 1 aromatic carbocycles. The molecule has 2 atom stereocenters. The molecule has 0 saturated carbocycles. The summed E-state index contributed by atoms with van der Waals surface area (Å²) in [7, 11) is 0.900. The Morgan fingerprint density at radius 1 is 1.43 bits per heavy atom. The molecule has 118 valence electrons. The fourth-order valence-corrected chi connectivity index (χ4v) is 4.66. The lowest BCUT2D eigenvalue weighted by Crippen LogP contribution is -2.35. The Hall–Kier alpha value is -0.980. The molecule has 1 fully saturated rings. The molecule has 1 aromatic rings. The number of benzene rings is 1. The van der Waals surface area contributed by atoms with Crippen molar-refractivity contribution in [1.82, 2.24) is 10.2 Å². The first kappa shape index (κ1) is 16.4. The molecule has 0 spiro atoms. The SMILES string of the molecule is CNC(CCN(C)C1CCS(=O)(=O)C1)c1ccccc1F. The summed E-state index contributed by atoms with van der Waals surface area (Å²) in [6.45, 7) is 0.736. The molecule has 1 saturated heterocycles. The number of sulfone groups is 1. The van der Waals surface area contributed by atoms with Crippen molar-refractivity contribution >= 4 is 9.84 Å². The Balaban J connectivity index is 1.93. The predicted octanol–water partition coefficient (Wildman–Crippen LogP) is 1.60. The van der Waals surface area contributed by atoms with Gasteiger partial charge >= 0.3 is 0 Å². The van der Waals surface area contributed by atoms with Gasteiger partial charge < -0.3 is 10.2 Å². The Kier molecular flexibility index (Phi) is 5.35. The molecule has 2 unspecified atom stereocenters. The van der Waals surface area contributed by atoms with Gasteiger partial charge in [0.1, 0.15) is 5.82 Å². The van der Waals surface area contributed by atoms with Crippen molar-refractivity contribution in [2.24, 2.45) is 0 Å². The number of hydrogen-bond donors (Lipinski definition) is 1. The van der Waals surface area contributed by atoms with E-state index in [0.29, 0.717) is 12.0 Å². The van der Waals surface area contributed by atoms with Crippen LogP contribution in [0, 0.1) is 5.82 Å². The van der Waals surface area contributed by atoms with Crippen molar-refractivity contribution in [3.05, 3.63) is 35.6 Å². The van der Waals surface area contributed by atoms with Crippen LogP contribution in [0.2, 0.25) is 0 Å². The van der Waals surface area contributed by atoms with Gasteiger partial charge in [0.15, 0.2) is 9.84 Å². The van der Waals surface area contributed by atoms with E-state index in [1.54, 1.807) is 12.1 Å². The fraction of sp³-hybridized carbons (Fsp3) is 0.600. The lowest BCUT2D eigenvalue weighted by atomic mass is 10.0.